The molecule has 3 aromatic rings. The van der Waals surface area contributed by atoms with Crippen LogP contribution in [0.1, 0.15) is 18.4 Å². The molecule has 0 spiro atoms. The first-order valence-electron chi connectivity index (χ1n) is 8.66. The summed E-state index contributed by atoms with van der Waals surface area (Å²) in [7, 11) is 1.64. The van der Waals surface area contributed by atoms with Gasteiger partial charge in [-0.2, -0.15) is 0 Å². The molecular formula is C20H22BrN3O2. The number of halogens is 1. The van der Waals surface area contributed by atoms with Crippen molar-refractivity contribution in [1.29, 1.82) is 0 Å². The predicted molar refractivity (Wildman–Crippen MR) is 106 cm³/mol. The van der Waals surface area contributed by atoms with Crippen molar-refractivity contribution in [3.8, 4) is 5.75 Å². The molecule has 0 radical (unpaired) electrons. The first-order chi connectivity index (χ1) is 12.7. The van der Waals surface area contributed by atoms with Crippen LogP contribution in [0.3, 0.4) is 0 Å². The van der Waals surface area contributed by atoms with E-state index in [1.54, 1.807) is 7.11 Å². The summed E-state index contributed by atoms with van der Waals surface area (Å²) in [6.45, 7) is 1.50. The van der Waals surface area contributed by atoms with E-state index in [0.29, 0.717) is 19.4 Å². The van der Waals surface area contributed by atoms with Gasteiger partial charge in [0.05, 0.1) is 28.9 Å². The van der Waals surface area contributed by atoms with Gasteiger partial charge >= 0.3 is 0 Å². The molecule has 0 aliphatic rings. The summed E-state index contributed by atoms with van der Waals surface area (Å²) in [6.07, 6.45) is 3.92. The number of carbonyl (C=O) groups excluding carboxylic acids is 1. The molecule has 0 atom stereocenters. The van der Waals surface area contributed by atoms with Gasteiger partial charge in [-0.1, -0.05) is 18.2 Å². The normalized spacial score (nSPS) is 10.8. The van der Waals surface area contributed by atoms with E-state index in [4.69, 9.17) is 4.74 Å². The summed E-state index contributed by atoms with van der Waals surface area (Å²) in [4.78, 5) is 16.4. The van der Waals surface area contributed by atoms with Gasteiger partial charge in [-0.25, -0.2) is 4.98 Å². The van der Waals surface area contributed by atoms with Crippen molar-refractivity contribution in [2.24, 2.45) is 0 Å². The number of nitrogens with one attached hydrogen (secondary N) is 1. The Bertz CT molecular complexity index is 892. The number of fused-ring (bicyclic) bond motifs is 1. The highest BCUT2D eigenvalue weighted by Crippen LogP contribution is 2.25. The van der Waals surface area contributed by atoms with Crippen molar-refractivity contribution in [2.45, 2.75) is 25.8 Å². The molecule has 6 heteroatoms. The number of imidazole rings is 1. The average Bonchev–Trinajstić information content (AvgIpc) is 3.07. The van der Waals surface area contributed by atoms with Crippen molar-refractivity contribution < 1.29 is 9.53 Å². The minimum absolute atomic E-state index is 0.0763. The quantitative estimate of drug-likeness (QED) is 0.566. The molecule has 0 saturated carbocycles. The monoisotopic (exact) mass is 415 g/mol. The maximum atomic E-state index is 12.0. The van der Waals surface area contributed by atoms with E-state index >= 15 is 0 Å². The molecule has 136 valence electrons. The van der Waals surface area contributed by atoms with Crippen molar-refractivity contribution in [3.63, 3.8) is 0 Å². The molecule has 0 saturated heterocycles. The highest BCUT2D eigenvalue weighted by Gasteiger charge is 2.06. The number of hydrogen-bond acceptors (Lipinski definition) is 3. The van der Waals surface area contributed by atoms with Crippen LogP contribution in [0.25, 0.3) is 11.0 Å². The van der Waals surface area contributed by atoms with Gasteiger partial charge in [0, 0.05) is 19.5 Å². The van der Waals surface area contributed by atoms with E-state index in [9.17, 15) is 4.79 Å². The standard InChI is InChI=1S/C20H22BrN3O2/c1-26-19-9-7-15(13-16(19)21)8-10-20(25)22-11-4-12-24-14-23-17-5-2-3-6-18(17)24/h2-3,5-7,9,13-14H,4,8,10-12H2,1H3,(H,22,25). The van der Waals surface area contributed by atoms with Gasteiger partial charge in [0.25, 0.3) is 0 Å². The number of ether oxygens (including phenoxy) is 1. The fourth-order valence-corrected chi connectivity index (χ4v) is 3.47. The Morgan fingerprint density at radius 1 is 1.27 bits per heavy atom. The lowest BCUT2D eigenvalue weighted by Gasteiger charge is -2.08. The van der Waals surface area contributed by atoms with E-state index in [-0.39, 0.29) is 5.91 Å². The minimum Gasteiger partial charge on any atom is -0.496 e. The predicted octanol–water partition coefficient (Wildman–Crippen LogP) is 3.95. The first-order valence-corrected chi connectivity index (χ1v) is 9.45. The minimum atomic E-state index is 0.0763. The molecule has 0 bridgehead atoms. The third-order valence-electron chi connectivity index (χ3n) is 4.28. The summed E-state index contributed by atoms with van der Waals surface area (Å²) in [6, 6.07) is 14.0. The molecule has 0 unspecified atom stereocenters. The molecule has 1 aromatic heterocycles. The number of aromatic nitrogens is 2. The number of methoxy groups -OCH3 is 1. The average molecular weight is 416 g/mol. The summed E-state index contributed by atoms with van der Waals surface area (Å²) < 4.78 is 8.25. The van der Waals surface area contributed by atoms with Crippen LogP contribution in [0.5, 0.6) is 5.75 Å². The zero-order chi connectivity index (χ0) is 18.4. The smallest absolute Gasteiger partial charge is 0.220 e. The zero-order valence-corrected chi connectivity index (χ0v) is 16.3. The molecule has 1 N–H and O–H groups in total. The Kier molecular flexibility index (Phi) is 6.28. The molecule has 26 heavy (non-hydrogen) atoms. The number of benzene rings is 2. The molecule has 2 aromatic carbocycles. The third-order valence-corrected chi connectivity index (χ3v) is 4.90. The van der Waals surface area contributed by atoms with Crippen molar-refractivity contribution >= 4 is 32.9 Å². The van der Waals surface area contributed by atoms with Crippen LogP contribution in [0.15, 0.2) is 53.3 Å². The largest absolute Gasteiger partial charge is 0.496 e. The van der Waals surface area contributed by atoms with E-state index in [2.05, 4.69) is 36.9 Å². The van der Waals surface area contributed by atoms with Crippen molar-refractivity contribution in [3.05, 3.63) is 58.8 Å². The lowest BCUT2D eigenvalue weighted by Crippen LogP contribution is -2.25. The van der Waals surface area contributed by atoms with E-state index in [1.807, 2.05) is 42.7 Å². The molecule has 1 amide bonds. The van der Waals surface area contributed by atoms with Gasteiger partial charge in [-0.05, 0) is 58.6 Å². The Labute approximate surface area is 161 Å². The molecule has 1 heterocycles. The van der Waals surface area contributed by atoms with Gasteiger partial charge < -0.3 is 14.6 Å². The van der Waals surface area contributed by atoms with E-state index in [0.717, 1.165) is 39.8 Å². The molecule has 0 aliphatic heterocycles. The van der Waals surface area contributed by atoms with Crippen LogP contribution >= 0.6 is 15.9 Å². The fourth-order valence-electron chi connectivity index (χ4n) is 2.88. The van der Waals surface area contributed by atoms with Crippen LogP contribution < -0.4 is 10.1 Å². The molecule has 0 fully saturated rings. The van der Waals surface area contributed by atoms with Crippen molar-refractivity contribution in [1.82, 2.24) is 14.9 Å². The Morgan fingerprint density at radius 3 is 2.92 bits per heavy atom. The second kappa shape index (κ2) is 8.85. The van der Waals surface area contributed by atoms with Crippen LogP contribution in [0.4, 0.5) is 0 Å². The summed E-state index contributed by atoms with van der Waals surface area (Å²) in [5.41, 5.74) is 3.24. The lowest BCUT2D eigenvalue weighted by atomic mass is 10.1. The number of rotatable bonds is 8. The third kappa shape index (κ3) is 4.64. The van der Waals surface area contributed by atoms with Crippen LogP contribution in [-0.2, 0) is 17.8 Å². The van der Waals surface area contributed by atoms with Crippen molar-refractivity contribution in [2.75, 3.05) is 13.7 Å². The maximum absolute atomic E-state index is 12.0. The number of hydrogen-bond donors (Lipinski definition) is 1. The number of para-hydroxylation sites is 2. The number of amides is 1. The SMILES string of the molecule is COc1ccc(CCC(=O)NCCCn2cnc3ccccc32)cc1Br. The summed E-state index contributed by atoms with van der Waals surface area (Å²) in [5, 5.41) is 2.99. The van der Waals surface area contributed by atoms with Gasteiger partial charge in [0.2, 0.25) is 5.91 Å². The highest BCUT2D eigenvalue weighted by atomic mass is 79.9. The first kappa shape index (κ1) is 18.5. The second-order valence-electron chi connectivity index (χ2n) is 6.10. The van der Waals surface area contributed by atoms with Gasteiger partial charge in [0.1, 0.15) is 5.75 Å². The topological polar surface area (TPSA) is 56.1 Å². The fraction of sp³-hybridized carbons (Fsp3) is 0.300. The van der Waals surface area contributed by atoms with E-state index < -0.39 is 0 Å². The molecule has 3 rings (SSSR count). The van der Waals surface area contributed by atoms with Gasteiger partial charge in [-0.3, -0.25) is 4.79 Å². The summed E-state index contributed by atoms with van der Waals surface area (Å²) in [5.74, 6) is 0.873. The van der Waals surface area contributed by atoms with Gasteiger partial charge in [-0.15, -0.1) is 0 Å². The van der Waals surface area contributed by atoms with Crippen LogP contribution in [-0.4, -0.2) is 29.1 Å². The Hall–Kier alpha value is -2.34. The maximum Gasteiger partial charge on any atom is 0.220 e. The molecular weight excluding hydrogens is 394 g/mol. The Morgan fingerprint density at radius 2 is 2.12 bits per heavy atom. The summed E-state index contributed by atoms with van der Waals surface area (Å²) >= 11 is 3.47. The van der Waals surface area contributed by atoms with E-state index in [1.165, 1.54) is 0 Å². The van der Waals surface area contributed by atoms with Crippen LogP contribution in [0.2, 0.25) is 0 Å². The number of aryl methyl sites for hydroxylation is 2. The van der Waals surface area contributed by atoms with Gasteiger partial charge in [0.15, 0.2) is 0 Å². The number of nitrogens with zero attached hydrogens (tertiary/aromatic N) is 2. The second-order valence-corrected chi connectivity index (χ2v) is 6.95. The highest BCUT2D eigenvalue weighted by molar-refractivity contribution is 9.10. The Balaban J connectivity index is 1.40. The molecule has 5 nitrogen and oxygen atoms in total. The number of carbonyl (C=O) groups is 1. The lowest BCUT2D eigenvalue weighted by molar-refractivity contribution is -0.121. The molecule has 0 aliphatic carbocycles. The zero-order valence-electron chi connectivity index (χ0n) is 14.7. The van der Waals surface area contributed by atoms with Crippen LogP contribution in [0, 0.1) is 0 Å².